The Labute approximate surface area is 188 Å². The number of nitrogens with zero attached hydrogens (tertiary/aromatic N) is 2. The summed E-state index contributed by atoms with van der Waals surface area (Å²) < 4.78 is 46.0. The summed E-state index contributed by atoms with van der Waals surface area (Å²) in [5.41, 5.74) is 1.72. The maximum Gasteiger partial charge on any atom is 0.322 e. The normalized spacial score (nSPS) is 12.4. The van der Waals surface area contributed by atoms with Gasteiger partial charge in [-0.1, -0.05) is 35.5 Å². The summed E-state index contributed by atoms with van der Waals surface area (Å²) in [7, 11) is -4.10. The van der Waals surface area contributed by atoms with E-state index < -0.39 is 22.0 Å². The van der Waals surface area contributed by atoms with Gasteiger partial charge in [0, 0.05) is 11.1 Å². The summed E-state index contributed by atoms with van der Waals surface area (Å²) in [6.45, 7) is 0. The van der Waals surface area contributed by atoms with E-state index in [1.165, 1.54) is 48.5 Å². The first-order valence-corrected chi connectivity index (χ1v) is 11.3. The van der Waals surface area contributed by atoms with Crippen LogP contribution in [-0.2, 0) is 21.2 Å². The molecular formula is C23H18FN3O5S. The highest BCUT2D eigenvalue weighted by atomic mass is 32.2. The lowest BCUT2D eigenvalue weighted by Gasteiger charge is -2.15. The molecule has 1 aromatic heterocycles. The highest BCUT2D eigenvalue weighted by molar-refractivity contribution is 7.89. The fourth-order valence-electron chi connectivity index (χ4n) is 3.12. The van der Waals surface area contributed by atoms with Gasteiger partial charge in [-0.2, -0.15) is 9.71 Å². The van der Waals surface area contributed by atoms with Crippen molar-refractivity contribution in [2.45, 2.75) is 17.4 Å². The minimum atomic E-state index is -4.10. The van der Waals surface area contributed by atoms with E-state index >= 15 is 0 Å². The number of aromatic nitrogens is 2. The number of carbonyl (C=O) groups is 1. The SMILES string of the molecule is O=C(O)[C@@H](Cc1ccccc1)NS(=O)(=O)c1ccc(-c2nc(-c3ccc(F)cc3)no2)cc1. The molecule has 1 heterocycles. The van der Waals surface area contributed by atoms with Crippen LogP contribution >= 0.6 is 0 Å². The van der Waals surface area contributed by atoms with Crippen LogP contribution in [0.25, 0.3) is 22.8 Å². The lowest BCUT2D eigenvalue weighted by molar-refractivity contribution is -0.138. The van der Waals surface area contributed by atoms with Crippen molar-refractivity contribution in [3.05, 3.63) is 90.2 Å². The molecule has 0 aliphatic rings. The van der Waals surface area contributed by atoms with Crippen LogP contribution in [0.2, 0.25) is 0 Å². The lowest BCUT2D eigenvalue weighted by Crippen LogP contribution is -2.42. The zero-order chi connectivity index (χ0) is 23.4. The van der Waals surface area contributed by atoms with E-state index in [2.05, 4.69) is 14.9 Å². The highest BCUT2D eigenvalue weighted by Gasteiger charge is 2.26. The van der Waals surface area contributed by atoms with Crippen molar-refractivity contribution >= 4 is 16.0 Å². The molecule has 0 unspecified atom stereocenters. The van der Waals surface area contributed by atoms with E-state index in [-0.39, 0.29) is 28.8 Å². The van der Waals surface area contributed by atoms with Crippen molar-refractivity contribution < 1.29 is 27.2 Å². The fraction of sp³-hybridized carbons (Fsp3) is 0.0870. The summed E-state index contributed by atoms with van der Waals surface area (Å²) in [5.74, 6) is -1.26. The molecule has 8 nitrogen and oxygen atoms in total. The lowest BCUT2D eigenvalue weighted by atomic mass is 10.1. The molecule has 0 bridgehead atoms. The van der Waals surface area contributed by atoms with Gasteiger partial charge in [-0.3, -0.25) is 4.79 Å². The number of hydrogen-bond acceptors (Lipinski definition) is 6. The minimum absolute atomic E-state index is 0.00162. The number of carboxylic acid groups (broad SMARTS) is 1. The predicted octanol–water partition coefficient (Wildman–Crippen LogP) is 3.52. The van der Waals surface area contributed by atoms with Crippen LogP contribution in [0.3, 0.4) is 0 Å². The molecule has 0 saturated heterocycles. The molecular weight excluding hydrogens is 449 g/mol. The molecule has 10 heteroatoms. The minimum Gasteiger partial charge on any atom is -0.480 e. The van der Waals surface area contributed by atoms with E-state index in [1.807, 2.05) is 0 Å². The zero-order valence-electron chi connectivity index (χ0n) is 17.1. The number of benzene rings is 3. The van der Waals surface area contributed by atoms with Crippen LogP contribution in [0.4, 0.5) is 4.39 Å². The van der Waals surface area contributed by atoms with Gasteiger partial charge >= 0.3 is 5.97 Å². The molecule has 0 amide bonds. The zero-order valence-corrected chi connectivity index (χ0v) is 17.9. The molecule has 4 rings (SSSR count). The van der Waals surface area contributed by atoms with Crippen LogP contribution in [-0.4, -0.2) is 35.7 Å². The Morgan fingerprint density at radius 3 is 2.24 bits per heavy atom. The smallest absolute Gasteiger partial charge is 0.322 e. The van der Waals surface area contributed by atoms with Crippen LogP contribution in [0.15, 0.2) is 88.3 Å². The Morgan fingerprint density at radius 1 is 0.970 bits per heavy atom. The van der Waals surface area contributed by atoms with Crippen molar-refractivity contribution in [1.29, 1.82) is 0 Å². The van der Waals surface area contributed by atoms with Crippen molar-refractivity contribution in [2.75, 3.05) is 0 Å². The third kappa shape index (κ3) is 5.30. The number of sulfonamides is 1. The number of halogens is 1. The van der Waals surface area contributed by atoms with Crippen molar-refractivity contribution in [3.8, 4) is 22.8 Å². The summed E-state index contributed by atoms with van der Waals surface area (Å²) in [5, 5.41) is 13.3. The third-order valence-electron chi connectivity index (χ3n) is 4.82. The van der Waals surface area contributed by atoms with Gasteiger partial charge in [-0.15, -0.1) is 0 Å². The monoisotopic (exact) mass is 467 g/mol. The molecule has 0 saturated carbocycles. The summed E-state index contributed by atoms with van der Waals surface area (Å²) in [6, 6.07) is 18.6. The van der Waals surface area contributed by atoms with Gasteiger partial charge in [0.15, 0.2) is 0 Å². The van der Waals surface area contributed by atoms with E-state index in [9.17, 15) is 22.7 Å². The van der Waals surface area contributed by atoms with Crippen molar-refractivity contribution in [3.63, 3.8) is 0 Å². The molecule has 0 spiro atoms. The quantitative estimate of drug-likeness (QED) is 0.406. The summed E-state index contributed by atoms with van der Waals surface area (Å²) >= 11 is 0. The Hall–Kier alpha value is -3.89. The predicted molar refractivity (Wildman–Crippen MR) is 117 cm³/mol. The second-order valence-electron chi connectivity index (χ2n) is 7.16. The van der Waals surface area contributed by atoms with Crippen LogP contribution in [0.5, 0.6) is 0 Å². The second kappa shape index (κ2) is 9.31. The maximum absolute atomic E-state index is 13.1. The molecule has 3 aromatic carbocycles. The average Bonchev–Trinajstić information content (AvgIpc) is 3.30. The molecule has 2 N–H and O–H groups in total. The topological polar surface area (TPSA) is 122 Å². The number of nitrogens with one attached hydrogen (secondary N) is 1. The first-order chi connectivity index (χ1) is 15.8. The second-order valence-corrected chi connectivity index (χ2v) is 8.87. The number of rotatable bonds is 8. The molecule has 168 valence electrons. The van der Waals surface area contributed by atoms with Gasteiger partial charge in [-0.05, 0) is 60.5 Å². The number of hydrogen-bond donors (Lipinski definition) is 2. The van der Waals surface area contributed by atoms with Gasteiger partial charge in [0.05, 0.1) is 4.90 Å². The maximum atomic E-state index is 13.1. The van der Waals surface area contributed by atoms with Crippen molar-refractivity contribution in [2.24, 2.45) is 0 Å². The van der Waals surface area contributed by atoms with Gasteiger partial charge in [0.25, 0.3) is 5.89 Å². The Balaban J connectivity index is 1.51. The van der Waals surface area contributed by atoms with E-state index in [4.69, 9.17) is 4.52 Å². The molecule has 33 heavy (non-hydrogen) atoms. The first kappa shape index (κ1) is 22.3. The molecule has 1 atom stereocenters. The summed E-state index contributed by atoms with van der Waals surface area (Å²) in [4.78, 5) is 15.8. The molecule has 4 aromatic rings. The third-order valence-corrected chi connectivity index (χ3v) is 6.31. The molecule has 0 aliphatic carbocycles. The van der Waals surface area contributed by atoms with Crippen LogP contribution in [0.1, 0.15) is 5.56 Å². The largest absolute Gasteiger partial charge is 0.480 e. The van der Waals surface area contributed by atoms with E-state index in [0.717, 1.165) is 0 Å². The van der Waals surface area contributed by atoms with Crippen LogP contribution < -0.4 is 4.72 Å². The number of carboxylic acids is 1. The Morgan fingerprint density at radius 2 is 1.61 bits per heavy atom. The Bertz CT molecular complexity index is 1360. The molecule has 0 radical (unpaired) electrons. The van der Waals surface area contributed by atoms with Crippen molar-refractivity contribution in [1.82, 2.24) is 14.9 Å². The van der Waals surface area contributed by atoms with E-state index in [0.29, 0.717) is 16.7 Å². The number of aliphatic carboxylic acids is 1. The van der Waals surface area contributed by atoms with Gasteiger partial charge in [0.2, 0.25) is 15.8 Å². The van der Waals surface area contributed by atoms with Gasteiger partial charge < -0.3 is 9.63 Å². The van der Waals surface area contributed by atoms with Gasteiger partial charge in [-0.25, -0.2) is 12.8 Å². The fourth-order valence-corrected chi connectivity index (χ4v) is 4.31. The summed E-state index contributed by atoms with van der Waals surface area (Å²) in [6.07, 6.45) is 0.00162. The first-order valence-electron chi connectivity index (χ1n) is 9.81. The highest BCUT2D eigenvalue weighted by Crippen LogP contribution is 2.24. The molecule has 0 aliphatic heterocycles. The van der Waals surface area contributed by atoms with Gasteiger partial charge in [0.1, 0.15) is 11.9 Å². The van der Waals surface area contributed by atoms with Crippen LogP contribution in [0, 0.1) is 5.82 Å². The van der Waals surface area contributed by atoms with E-state index in [1.54, 1.807) is 30.3 Å². The standard InChI is InChI=1S/C23H18FN3O5S/c24-18-10-6-16(7-11-18)21-25-22(32-26-21)17-8-12-19(13-9-17)33(30,31)27-20(23(28)29)14-15-4-2-1-3-5-15/h1-13,20,27H,14H2,(H,28,29)/t20-/m1/s1. The average molecular weight is 467 g/mol. The Kier molecular flexibility index (Phi) is 6.29. The molecule has 0 fully saturated rings.